The summed E-state index contributed by atoms with van der Waals surface area (Å²) < 4.78 is 5.93. The molecule has 0 saturated heterocycles. The minimum absolute atomic E-state index is 0.124. The van der Waals surface area contributed by atoms with Gasteiger partial charge in [-0.2, -0.15) is 0 Å². The molecule has 1 aromatic heterocycles. The molecular weight excluding hydrogens is 224 g/mol. The van der Waals surface area contributed by atoms with E-state index in [0.717, 1.165) is 11.4 Å². The molecule has 3 heteroatoms. The third-order valence-corrected chi connectivity index (χ3v) is 2.74. The van der Waals surface area contributed by atoms with Crippen molar-refractivity contribution in [2.45, 2.75) is 26.0 Å². The topological polar surface area (TPSA) is 48.1 Å². The number of nitrogens with zero attached hydrogens (tertiary/aromatic N) is 1. The smallest absolute Gasteiger partial charge is 0.155 e. The molecule has 18 heavy (non-hydrogen) atoms. The zero-order valence-corrected chi connectivity index (χ0v) is 10.7. The second-order valence-corrected chi connectivity index (χ2v) is 4.47. The van der Waals surface area contributed by atoms with Crippen molar-refractivity contribution in [3.05, 3.63) is 59.9 Å². The van der Waals surface area contributed by atoms with E-state index < -0.39 is 0 Å². The fraction of sp³-hybridized carbons (Fsp3) is 0.267. The lowest BCUT2D eigenvalue weighted by Crippen LogP contribution is -2.29. The first-order valence-electron chi connectivity index (χ1n) is 6.06. The molecule has 2 rings (SSSR count). The monoisotopic (exact) mass is 242 g/mol. The molecule has 2 N–H and O–H groups in total. The van der Waals surface area contributed by atoms with Crippen molar-refractivity contribution in [1.82, 2.24) is 4.98 Å². The molecule has 2 atom stereocenters. The Morgan fingerprint density at radius 3 is 2.39 bits per heavy atom. The van der Waals surface area contributed by atoms with Gasteiger partial charge < -0.3 is 10.5 Å². The van der Waals surface area contributed by atoms with E-state index in [4.69, 9.17) is 10.5 Å². The first-order valence-corrected chi connectivity index (χ1v) is 6.06. The van der Waals surface area contributed by atoms with Gasteiger partial charge in [-0.15, -0.1) is 0 Å². The van der Waals surface area contributed by atoms with Crippen molar-refractivity contribution in [3.63, 3.8) is 0 Å². The number of hydrogen-bond donors (Lipinski definition) is 1. The van der Waals surface area contributed by atoms with Gasteiger partial charge in [0.05, 0.1) is 5.69 Å². The summed E-state index contributed by atoms with van der Waals surface area (Å²) in [4.78, 5) is 4.31. The molecule has 0 amide bonds. The highest BCUT2D eigenvalue weighted by Crippen LogP contribution is 2.22. The van der Waals surface area contributed by atoms with Gasteiger partial charge in [0.1, 0.15) is 5.75 Å². The average Bonchev–Trinajstić information content (AvgIpc) is 2.38. The van der Waals surface area contributed by atoms with E-state index in [1.807, 2.05) is 56.3 Å². The highest BCUT2D eigenvalue weighted by molar-refractivity contribution is 5.27. The number of hydrogen-bond acceptors (Lipinski definition) is 3. The number of ether oxygens (including phenoxy) is 1. The van der Waals surface area contributed by atoms with Crippen LogP contribution in [0.25, 0.3) is 0 Å². The Morgan fingerprint density at radius 1 is 1.11 bits per heavy atom. The summed E-state index contributed by atoms with van der Waals surface area (Å²) >= 11 is 0. The summed E-state index contributed by atoms with van der Waals surface area (Å²) in [5.74, 6) is 0.813. The molecule has 0 aliphatic rings. The van der Waals surface area contributed by atoms with Crippen LogP contribution in [0.2, 0.25) is 0 Å². The lowest BCUT2D eigenvalue weighted by molar-refractivity contribution is 0.176. The lowest BCUT2D eigenvalue weighted by atomic mass is 10.1. The fourth-order valence-electron chi connectivity index (χ4n) is 1.74. The highest BCUT2D eigenvalue weighted by atomic mass is 16.5. The zero-order valence-electron chi connectivity index (χ0n) is 10.7. The molecule has 1 heterocycles. The summed E-state index contributed by atoms with van der Waals surface area (Å²) in [6.07, 6.45) is 1.53. The fourth-order valence-corrected chi connectivity index (χ4v) is 1.74. The standard InChI is InChI=1S/C15H18N2O/c1-11-6-8-13(9-7-11)18-15(12(2)16)14-5-3-4-10-17-14/h3-10,12,15H,16H2,1-2H3. The van der Waals surface area contributed by atoms with Crippen LogP contribution in [0.3, 0.4) is 0 Å². The molecule has 0 bridgehead atoms. The van der Waals surface area contributed by atoms with Crippen molar-refractivity contribution in [3.8, 4) is 5.75 Å². The summed E-state index contributed by atoms with van der Waals surface area (Å²) in [7, 11) is 0. The Bertz CT molecular complexity index is 480. The number of pyridine rings is 1. The van der Waals surface area contributed by atoms with Gasteiger partial charge in [-0.25, -0.2) is 0 Å². The molecule has 0 aliphatic heterocycles. The van der Waals surface area contributed by atoms with Crippen LogP contribution >= 0.6 is 0 Å². The second kappa shape index (κ2) is 5.65. The van der Waals surface area contributed by atoms with E-state index in [1.165, 1.54) is 5.56 Å². The predicted octanol–water partition coefficient (Wildman–Crippen LogP) is 2.86. The second-order valence-electron chi connectivity index (χ2n) is 4.47. The van der Waals surface area contributed by atoms with Crippen LogP contribution in [-0.2, 0) is 0 Å². The van der Waals surface area contributed by atoms with Gasteiger partial charge in [0, 0.05) is 12.2 Å². The Balaban J connectivity index is 2.19. The maximum absolute atomic E-state index is 5.98. The number of aromatic nitrogens is 1. The van der Waals surface area contributed by atoms with Crippen molar-refractivity contribution < 1.29 is 4.74 Å². The summed E-state index contributed by atoms with van der Waals surface area (Å²) in [5.41, 5.74) is 8.04. The van der Waals surface area contributed by atoms with Gasteiger partial charge in [-0.1, -0.05) is 23.8 Å². The quantitative estimate of drug-likeness (QED) is 0.896. The van der Waals surface area contributed by atoms with Crippen LogP contribution in [0, 0.1) is 6.92 Å². The predicted molar refractivity (Wildman–Crippen MR) is 72.4 cm³/mol. The van der Waals surface area contributed by atoms with Gasteiger partial charge in [-0.3, -0.25) is 4.98 Å². The Labute approximate surface area is 108 Å². The number of benzene rings is 1. The van der Waals surface area contributed by atoms with Gasteiger partial charge in [0.25, 0.3) is 0 Å². The highest BCUT2D eigenvalue weighted by Gasteiger charge is 2.19. The van der Waals surface area contributed by atoms with E-state index in [-0.39, 0.29) is 12.1 Å². The molecule has 1 aromatic carbocycles. The maximum Gasteiger partial charge on any atom is 0.155 e. The van der Waals surface area contributed by atoms with Crippen LogP contribution in [0.4, 0.5) is 0 Å². The van der Waals surface area contributed by atoms with E-state index in [9.17, 15) is 0 Å². The minimum Gasteiger partial charge on any atom is -0.483 e. The van der Waals surface area contributed by atoms with Crippen molar-refractivity contribution in [2.24, 2.45) is 5.73 Å². The Hall–Kier alpha value is -1.87. The van der Waals surface area contributed by atoms with Crippen molar-refractivity contribution in [2.75, 3.05) is 0 Å². The molecule has 0 fully saturated rings. The number of aryl methyl sites for hydroxylation is 1. The average molecular weight is 242 g/mol. The van der Waals surface area contributed by atoms with E-state index >= 15 is 0 Å². The van der Waals surface area contributed by atoms with Crippen molar-refractivity contribution >= 4 is 0 Å². The molecule has 2 aromatic rings. The molecule has 0 aliphatic carbocycles. The maximum atomic E-state index is 5.98. The summed E-state index contributed by atoms with van der Waals surface area (Å²) in [6.45, 7) is 3.97. The van der Waals surface area contributed by atoms with Gasteiger partial charge in [0.15, 0.2) is 6.10 Å². The number of rotatable bonds is 4. The summed E-state index contributed by atoms with van der Waals surface area (Å²) in [6, 6.07) is 13.6. The van der Waals surface area contributed by atoms with Gasteiger partial charge in [-0.05, 0) is 38.1 Å². The summed E-state index contributed by atoms with van der Waals surface area (Å²) in [5, 5.41) is 0. The number of nitrogens with two attached hydrogens (primary N) is 1. The molecular formula is C15H18N2O. The van der Waals surface area contributed by atoms with Gasteiger partial charge >= 0.3 is 0 Å². The van der Waals surface area contributed by atoms with Gasteiger partial charge in [0.2, 0.25) is 0 Å². The van der Waals surface area contributed by atoms with E-state index in [2.05, 4.69) is 4.98 Å². The lowest BCUT2D eigenvalue weighted by Gasteiger charge is -2.22. The first-order chi connectivity index (χ1) is 8.66. The SMILES string of the molecule is Cc1ccc(OC(c2ccccn2)C(C)N)cc1. The van der Waals surface area contributed by atoms with E-state index in [0.29, 0.717) is 0 Å². The third-order valence-electron chi connectivity index (χ3n) is 2.74. The third kappa shape index (κ3) is 3.08. The van der Waals surface area contributed by atoms with E-state index in [1.54, 1.807) is 6.20 Å². The largest absolute Gasteiger partial charge is 0.483 e. The first kappa shape index (κ1) is 12.6. The normalized spacial score (nSPS) is 13.9. The Kier molecular flexibility index (Phi) is 3.95. The molecule has 2 unspecified atom stereocenters. The molecule has 0 radical (unpaired) electrons. The van der Waals surface area contributed by atoms with Crippen LogP contribution in [0.5, 0.6) is 5.75 Å². The van der Waals surface area contributed by atoms with Crippen LogP contribution in [0.15, 0.2) is 48.7 Å². The molecule has 3 nitrogen and oxygen atoms in total. The molecule has 0 saturated carbocycles. The van der Waals surface area contributed by atoms with Crippen LogP contribution in [0.1, 0.15) is 24.3 Å². The van der Waals surface area contributed by atoms with Crippen LogP contribution < -0.4 is 10.5 Å². The molecule has 94 valence electrons. The molecule has 0 spiro atoms. The minimum atomic E-state index is -0.228. The zero-order chi connectivity index (χ0) is 13.0. The van der Waals surface area contributed by atoms with Crippen LogP contribution in [-0.4, -0.2) is 11.0 Å². The van der Waals surface area contributed by atoms with Crippen molar-refractivity contribution in [1.29, 1.82) is 0 Å². The Morgan fingerprint density at radius 2 is 1.83 bits per heavy atom.